The van der Waals surface area contributed by atoms with Crippen LogP contribution in [0.25, 0.3) is 0 Å². The van der Waals surface area contributed by atoms with Gasteiger partial charge in [-0.05, 0) is 56.2 Å². The molecule has 0 amide bonds. The molecular weight excluding hydrogens is 335 g/mol. The molecule has 0 aromatic heterocycles. The minimum atomic E-state index is -0.917. The average Bonchev–Trinajstić information content (AvgIpc) is 2.51. The second-order valence-electron chi connectivity index (χ2n) is 5.33. The van der Waals surface area contributed by atoms with Crippen LogP contribution in [0.3, 0.4) is 0 Å². The fraction of sp³-hybridized carbons (Fsp3) is 0.222. The first-order chi connectivity index (χ1) is 10.8. The van der Waals surface area contributed by atoms with Crippen LogP contribution in [0.2, 0.25) is 10.0 Å². The lowest BCUT2D eigenvalue weighted by Crippen LogP contribution is -2.24. The molecule has 120 valence electrons. The van der Waals surface area contributed by atoms with E-state index in [9.17, 15) is 9.59 Å². The fourth-order valence-corrected chi connectivity index (χ4v) is 2.43. The van der Waals surface area contributed by atoms with E-state index < -0.39 is 12.1 Å². The van der Waals surface area contributed by atoms with Crippen LogP contribution in [-0.2, 0) is 4.74 Å². The maximum atomic E-state index is 12.4. The molecule has 2 rings (SSSR count). The van der Waals surface area contributed by atoms with Gasteiger partial charge in [0.25, 0.3) is 0 Å². The highest BCUT2D eigenvalue weighted by atomic mass is 35.5. The molecule has 0 bridgehead atoms. The summed E-state index contributed by atoms with van der Waals surface area (Å²) in [5.41, 5.74) is 2.74. The van der Waals surface area contributed by atoms with Crippen LogP contribution in [0, 0.1) is 13.8 Å². The molecule has 0 fully saturated rings. The molecule has 2 aromatic carbocycles. The quantitative estimate of drug-likeness (QED) is 0.573. The van der Waals surface area contributed by atoms with E-state index in [1.54, 1.807) is 18.2 Å². The number of rotatable bonds is 4. The van der Waals surface area contributed by atoms with Crippen molar-refractivity contribution >= 4 is 35.0 Å². The predicted molar refractivity (Wildman–Crippen MR) is 91.6 cm³/mol. The molecule has 3 nitrogen and oxygen atoms in total. The van der Waals surface area contributed by atoms with Crippen LogP contribution >= 0.6 is 23.2 Å². The second-order valence-corrected chi connectivity index (χ2v) is 6.18. The van der Waals surface area contributed by atoms with E-state index in [0.29, 0.717) is 10.6 Å². The van der Waals surface area contributed by atoms with Crippen LogP contribution in [-0.4, -0.2) is 17.9 Å². The summed E-state index contributed by atoms with van der Waals surface area (Å²) in [6.07, 6.45) is -0.917. The van der Waals surface area contributed by atoms with Crippen molar-refractivity contribution in [2.24, 2.45) is 0 Å². The molecular formula is C18H16Cl2O3. The number of aryl methyl sites for hydroxylation is 2. The van der Waals surface area contributed by atoms with Gasteiger partial charge in [-0.15, -0.1) is 0 Å². The molecule has 0 aliphatic heterocycles. The highest BCUT2D eigenvalue weighted by Gasteiger charge is 2.22. The van der Waals surface area contributed by atoms with E-state index >= 15 is 0 Å². The first kappa shape index (κ1) is 17.5. The number of ether oxygens (including phenoxy) is 1. The Bertz CT molecular complexity index is 769. The van der Waals surface area contributed by atoms with Crippen LogP contribution in [0.5, 0.6) is 0 Å². The number of ketones is 1. The van der Waals surface area contributed by atoms with Crippen molar-refractivity contribution in [1.82, 2.24) is 0 Å². The van der Waals surface area contributed by atoms with Gasteiger partial charge in [-0.1, -0.05) is 35.3 Å². The van der Waals surface area contributed by atoms with Crippen molar-refractivity contribution in [3.8, 4) is 0 Å². The van der Waals surface area contributed by atoms with Crippen molar-refractivity contribution < 1.29 is 14.3 Å². The zero-order valence-electron chi connectivity index (χ0n) is 13.0. The molecule has 0 aliphatic rings. The maximum Gasteiger partial charge on any atom is 0.340 e. The van der Waals surface area contributed by atoms with Crippen molar-refractivity contribution in [2.45, 2.75) is 26.9 Å². The second kappa shape index (κ2) is 7.16. The highest BCUT2D eigenvalue weighted by Crippen LogP contribution is 2.22. The van der Waals surface area contributed by atoms with E-state index in [0.717, 1.165) is 11.1 Å². The summed E-state index contributed by atoms with van der Waals surface area (Å²) in [6, 6.07) is 9.88. The lowest BCUT2D eigenvalue weighted by Gasteiger charge is -2.14. The lowest BCUT2D eigenvalue weighted by atomic mass is 10.0. The third-order valence-corrected chi connectivity index (χ3v) is 4.16. The molecule has 1 atom stereocenters. The van der Waals surface area contributed by atoms with Gasteiger partial charge in [0, 0.05) is 10.6 Å². The van der Waals surface area contributed by atoms with Crippen LogP contribution < -0.4 is 0 Å². The van der Waals surface area contributed by atoms with E-state index in [1.165, 1.54) is 19.1 Å². The standard InChI is InChI=1S/C18H16Cl2O3/c1-10-4-5-13(8-11(10)2)17(21)12(3)23-18(22)15-9-14(19)6-7-16(15)20/h4-9,12H,1-3H3/t12-/m1/s1. The third kappa shape index (κ3) is 4.12. The van der Waals surface area contributed by atoms with E-state index in [1.807, 2.05) is 19.9 Å². The predicted octanol–water partition coefficient (Wildman–Crippen LogP) is 5.04. The third-order valence-electron chi connectivity index (χ3n) is 3.59. The summed E-state index contributed by atoms with van der Waals surface area (Å²) in [4.78, 5) is 24.6. The van der Waals surface area contributed by atoms with Crippen molar-refractivity contribution in [2.75, 3.05) is 0 Å². The average molecular weight is 351 g/mol. The van der Waals surface area contributed by atoms with Crippen molar-refractivity contribution in [3.63, 3.8) is 0 Å². The van der Waals surface area contributed by atoms with Gasteiger partial charge in [-0.25, -0.2) is 4.79 Å². The largest absolute Gasteiger partial charge is 0.451 e. The normalized spacial score (nSPS) is 11.9. The zero-order valence-corrected chi connectivity index (χ0v) is 14.5. The van der Waals surface area contributed by atoms with E-state index in [2.05, 4.69) is 0 Å². The van der Waals surface area contributed by atoms with Crippen LogP contribution in [0.15, 0.2) is 36.4 Å². The number of hydrogen-bond donors (Lipinski definition) is 0. The van der Waals surface area contributed by atoms with Gasteiger partial charge in [-0.2, -0.15) is 0 Å². The Morgan fingerprint density at radius 3 is 2.35 bits per heavy atom. The number of carbonyl (C=O) groups is 2. The van der Waals surface area contributed by atoms with Gasteiger partial charge >= 0.3 is 5.97 Å². The Labute approximate surface area is 145 Å². The summed E-state index contributed by atoms with van der Waals surface area (Å²) in [7, 11) is 0. The van der Waals surface area contributed by atoms with Gasteiger partial charge in [0.2, 0.25) is 5.78 Å². The minimum Gasteiger partial charge on any atom is -0.451 e. The topological polar surface area (TPSA) is 43.4 Å². The van der Waals surface area contributed by atoms with Gasteiger partial charge in [0.15, 0.2) is 6.10 Å². The number of halogens is 2. The molecule has 0 saturated heterocycles. The van der Waals surface area contributed by atoms with Gasteiger partial charge < -0.3 is 4.74 Å². The maximum absolute atomic E-state index is 12.4. The Kier molecular flexibility index (Phi) is 5.45. The first-order valence-electron chi connectivity index (χ1n) is 7.07. The Morgan fingerprint density at radius 2 is 1.70 bits per heavy atom. The van der Waals surface area contributed by atoms with Gasteiger partial charge in [0.1, 0.15) is 0 Å². The van der Waals surface area contributed by atoms with Crippen molar-refractivity contribution in [3.05, 3.63) is 68.7 Å². The monoisotopic (exact) mass is 350 g/mol. The van der Waals surface area contributed by atoms with Crippen molar-refractivity contribution in [1.29, 1.82) is 0 Å². The molecule has 0 heterocycles. The molecule has 0 N–H and O–H groups in total. The molecule has 0 radical (unpaired) electrons. The molecule has 5 heteroatoms. The van der Waals surface area contributed by atoms with Gasteiger partial charge in [0.05, 0.1) is 10.6 Å². The van der Waals surface area contributed by atoms with Gasteiger partial charge in [-0.3, -0.25) is 4.79 Å². The number of hydrogen-bond acceptors (Lipinski definition) is 3. The molecule has 0 spiro atoms. The minimum absolute atomic E-state index is 0.138. The Hall–Kier alpha value is -1.84. The Balaban J connectivity index is 2.15. The van der Waals surface area contributed by atoms with Crippen LogP contribution in [0.4, 0.5) is 0 Å². The summed E-state index contributed by atoms with van der Waals surface area (Å²) in [5.74, 6) is -0.943. The molecule has 0 unspecified atom stereocenters. The summed E-state index contributed by atoms with van der Waals surface area (Å²) in [5, 5.41) is 0.597. The number of benzene rings is 2. The summed E-state index contributed by atoms with van der Waals surface area (Å²) < 4.78 is 5.23. The number of esters is 1. The fourth-order valence-electron chi connectivity index (χ4n) is 2.06. The van der Waals surface area contributed by atoms with E-state index in [-0.39, 0.29) is 16.4 Å². The van der Waals surface area contributed by atoms with E-state index in [4.69, 9.17) is 27.9 Å². The SMILES string of the molecule is Cc1ccc(C(=O)[C@@H](C)OC(=O)c2cc(Cl)ccc2Cl)cc1C. The van der Waals surface area contributed by atoms with Crippen LogP contribution in [0.1, 0.15) is 38.8 Å². The number of carbonyl (C=O) groups excluding carboxylic acids is 2. The molecule has 0 aliphatic carbocycles. The summed E-state index contributed by atoms with van der Waals surface area (Å²) in [6.45, 7) is 5.43. The molecule has 23 heavy (non-hydrogen) atoms. The summed E-state index contributed by atoms with van der Waals surface area (Å²) >= 11 is 11.8. The highest BCUT2D eigenvalue weighted by molar-refractivity contribution is 6.35. The molecule has 2 aromatic rings. The smallest absolute Gasteiger partial charge is 0.340 e. The zero-order chi connectivity index (χ0) is 17.1. The molecule has 0 saturated carbocycles. The first-order valence-corrected chi connectivity index (χ1v) is 7.82. The number of Topliss-reactive ketones (excluding diaryl/α,β-unsaturated/α-hetero) is 1. The Morgan fingerprint density at radius 1 is 1.00 bits per heavy atom. The lowest BCUT2D eigenvalue weighted by molar-refractivity contribution is 0.0319.